The van der Waals surface area contributed by atoms with Crippen LogP contribution in [0, 0.1) is 5.92 Å². The summed E-state index contributed by atoms with van der Waals surface area (Å²) in [5.74, 6) is 1.83. The van der Waals surface area contributed by atoms with Gasteiger partial charge >= 0.3 is 0 Å². The summed E-state index contributed by atoms with van der Waals surface area (Å²) >= 11 is 6.08. The number of aromatic nitrogens is 3. The zero-order valence-corrected chi connectivity index (χ0v) is 14.0. The standard InChI is InChI=1S/C14H24ClN5O/c1-5-19(6-2)13-16-12(15)17-14(18-13)20-8-7-10(3)11(9-20)21-4/h10-11H,5-9H2,1-4H3. The van der Waals surface area contributed by atoms with Crippen molar-refractivity contribution in [3.8, 4) is 0 Å². The van der Waals surface area contributed by atoms with Gasteiger partial charge in [0.2, 0.25) is 17.2 Å². The Labute approximate surface area is 131 Å². The highest BCUT2D eigenvalue weighted by atomic mass is 35.5. The second-order valence-electron chi connectivity index (χ2n) is 5.36. The van der Waals surface area contributed by atoms with Gasteiger partial charge in [-0.15, -0.1) is 0 Å². The Kier molecular flexibility index (Phi) is 5.58. The monoisotopic (exact) mass is 313 g/mol. The molecule has 1 saturated heterocycles. The van der Waals surface area contributed by atoms with E-state index >= 15 is 0 Å². The maximum Gasteiger partial charge on any atom is 0.231 e. The molecule has 0 amide bonds. The minimum absolute atomic E-state index is 0.200. The Morgan fingerprint density at radius 3 is 2.62 bits per heavy atom. The third-order valence-electron chi connectivity index (χ3n) is 4.11. The molecule has 1 aliphatic heterocycles. The Bertz CT molecular complexity index is 469. The lowest BCUT2D eigenvalue weighted by Crippen LogP contribution is -2.44. The van der Waals surface area contributed by atoms with Gasteiger partial charge in [0.15, 0.2) is 0 Å². The summed E-state index contributed by atoms with van der Waals surface area (Å²) in [7, 11) is 1.76. The highest BCUT2D eigenvalue weighted by Crippen LogP contribution is 2.24. The van der Waals surface area contributed by atoms with Crippen molar-refractivity contribution in [1.82, 2.24) is 15.0 Å². The largest absolute Gasteiger partial charge is 0.379 e. The lowest BCUT2D eigenvalue weighted by atomic mass is 9.96. The number of piperidine rings is 1. The van der Waals surface area contributed by atoms with Crippen LogP contribution in [0.1, 0.15) is 27.2 Å². The second-order valence-corrected chi connectivity index (χ2v) is 5.70. The smallest absolute Gasteiger partial charge is 0.231 e. The maximum absolute atomic E-state index is 6.08. The first-order chi connectivity index (χ1) is 10.1. The first kappa shape index (κ1) is 16.2. The summed E-state index contributed by atoms with van der Waals surface area (Å²) in [6.45, 7) is 9.75. The van der Waals surface area contributed by atoms with Gasteiger partial charge in [0, 0.05) is 33.3 Å². The molecule has 6 nitrogen and oxygen atoms in total. The summed E-state index contributed by atoms with van der Waals surface area (Å²) in [6, 6.07) is 0. The van der Waals surface area contributed by atoms with Crippen molar-refractivity contribution in [2.45, 2.75) is 33.3 Å². The van der Waals surface area contributed by atoms with E-state index in [0.29, 0.717) is 17.8 Å². The zero-order valence-electron chi connectivity index (χ0n) is 13.2. The van der Waals surface area contributed by atoms with Crippen LogP contribution < -0.4 is 9.80 Å². The van der Waals surface area contributed by atoms with Gasteiger partial charge in [-0.05, 0) is 37.8 Å². The van der Waals surface area contributed by atoms with Crippen LogP contribution >= 0.6 is 11.6 Å². The number of anilines is 2. The van der Waals surface area contributed by atoms with Crippen molar-refractivity contribution < 1.29 is 4.74 Å². The predicted molar refractivity (Wildman–Crippen MR) is 85.2 cm³/mol. The maximum atomic E-state index is 6.08. The lowest BCUT2D eigenvalue weighted by Gasteiger charge is -2.36. The van der Waals surface area contributed by atoms with E-state index in [1.165, 1.54) is 0 Å². The van der Waals surface area contributed by atoms with Gasteiger partial charge in [0.05, 0.1) is 6.10 Å². The van der Waals surface area contributed by atoms with Crippen molar-refractivity contribution in [3.05, 3.63) is 5.28 Å². The van der Waals surface area contributed by atoms with Crippen molar-refractivity contribution in [2.75, 3.05) is 43.1 Å². The third-order valence-corrected chi connectivity index (χ3v) is 4.27. The zero-order chi connectivity index (χ0) is 15.4. The van der Waals surface area contributed by atoms with Crippen molar-refractivity contribution >= 4 is 23.5 Å². The number of rotatable bonds is 5. The number of methoxy groups -OCH3 is 1. The quantitative estimate of drug-likeness (QED) is 0.831. The molecular formula is C14H24ClN5O. The van der Waals surface area contributed by atoms with E-state index in [4.69, 9.17) is 16.3 Å². The SMILES string of the molecule is CCN(CC)c1nc(Cl)nc(N2CCC(C)C(OC)C2)n1. The summed E-state index contributed by atoms with van der Waals surface area (Å²) in [4.78, 5) is 17.3. The summed E-state index contributed by atoms with van der Waals surface area (Å²) in [5.41, 5.74) is 0. The molecule has 2 rings (SSSR count). The van der Waals surface area contributed by atoms with Crippen LogP contribution in [-0.4, -0.2) is 54.3 Å². The molecule has 0 radical (unpaired) electrons. The number of halogens is 1. The Morgan fingerprint density at radius 2 is 2.00 bits per heavy atom. The predicted octanol–water partition coefficient (Wildman–Crippen LogP) is 2.23. The number of hydrogen-bond acceptors (Lipinski definition) is 6. The Morgan fingerprint density at radius 1 is 1.29 bits per heavy atom. The van der Waals surface area contributed by atoms with E-state index in [1.54, 1.807) is 7.11 Å². The Balaban J connectivity index is 2.23. The normalized spacial score (nSPS) is 22.4. The van der Waals surface area contributed by atoms with Crippen LogP contribution in [0.2, 0.25) is 5.28 Å². The summed E-state index contributed by atoms with van der Waals surface area (Å²) < 4.78 is 5.55. The van der Waals surface area contributed by atoms with Crippen LogP contribution in [0.4, 0.5) is 11.9 Å². The summed E-state index contributed by atoms with van der Waals surface area (Å²) in [6.07, 6.45) is 1.26. The fraction of sp³-hybridized carbons (Fsp3) is 0.786. The molecular weight excluding hydrogens is 290 g/mol. The van der Waals surface area contributed by atoms with E-state index in [9.17, 15) is 0 Å². The molecule has 0 N–H and O–H groups in total. The van der Waals surface area contributed by atoms with Gasteiger partial charge < -0.3 is 14.5 Å². The molecule has 118 valence electrons. The van der Waals surface area contributed by atoms with Crippen LogP contribution in [0.15, 0.2) is 0 Å². The van der Waals surface area contributed by atoms with Crippen molar-refractivity contribution in [3.63, 3.8) is 0 Å². The van der Waals surface area contributed by atoms with Crippen LogP contribution in [0.3, 0.4) is 0 Å². The van der Waals surface area contributed by atoms with Crippen LogP contribution in [0.5, 0.6) is 0 Å². The molecule has 21 heavy (non-hydrogen) atoms. The molecule has 0 aromatic carbocycles. The third kappa shape index (κ3) is 3.74. The molecule has 0 spiro atoms. The van der Waals surface area contributed by atoms with Crippen molar-refractivity contribution in [2.24, 2.45) is 5.92 Å². The van der Waals surface area contributed by atoms with E-state index in [1.807, 2.05) is 0 Å². The minimum Gasteiger partial charge on any atom is -0.379 e. The second kappa shape index (κ2) is 7.22. The number of ether oxygens (including phenoxy) is 1. The average Bonchev–Trinajstić information content (AvgIpc) is 2.48. The van der Waals surface area contributed by atoms with Crippen LogP contribution in [-0.2, 0) is 4.74 Å². The van der Waals surface area contributed by atoms with Gasteiger partial charge in [-0.1, -0.05) is 6.92 Å². The molecule has 2 atom stereocenters. The lowest BCUT2D eigenvalue weighted by molar-refractivity contribution is 0.0494. The van der Waals surface area contributed by atoms with Gasteiger partial charge in [-0.3, -0.25) is 0 Å². The van der Waals surface area contributed by atoms with Gasteiger partial charge in [-0.25, -0.2) is 0 Å². The average molecular weight is 314 g/mol. The molecule has 7 heteroatoms. The van der Waals surface area contributed by atoms with Crippen LogP contribution in [0.25, 0.3) is 0 Å². The van der Waals surface area contributed by atoms with E-state index < -0.39 is 0 Å². The van der Waals surface area contributed by atoms with E-state index in [-0.39, 0.29) is 11.4 Å². The first-order valence-electron chi connectivity index (χ1n) is 7.53. The summed E-state index contributed by atoms with van der Waals surface area (Å²) in [5, 5.41) is 0.245. The minimum atomic E-state index is 0.200. The molecule has 1 aromatic heterocycles. The molecule has 1 fully saturated rings. The highest BCUT2D eigenvalue weighted by Gasteiger charge is 2.28. The van der Waals surface area contributed by atoms with E-state index in [0.717, 1.165) is 32.6 Å². The highest BCUT2D eigenvalue weighted by molar-refractivity contribution is 6.28. The molecule has 2 heterocycles. The number of hydrogen-bond donors (Lipinski definition) is 0. The fourth-order valence-electron chi connectivity index (χ4n) is 2.64. The van der Waals surface area contributed by atoms with Gasteiger partial charge in [-0.2, -0.15) is 15.0 Å². The number of nitrogens with zero attached hydrogens (tertiary/aromatic N) is 5. The topological polar surface area (TPSA) is 54.4 Å². The van der Waals surface area contributed by atoms with E-state index in [2.05, 4.69) is 45.5 Å². The molecule has 0 saturated carbocycles. The molecule has 1 aromatic rings. The molecule has 0 aliphatic carbocycles. The molecule has 0 bridgehead atoms. The van der Waals surface area contributed by atoms with Gasteiger partial charge in [0.1, 0.15) is 0 Å². The first-order valence-corrected chi connectivity index (χ1v) is 7.91. The van der Waals surface area contributed by atoms with Crippen molar-refractivity contribution in [1.29, 1.82) is 0 Å². The molecule has 2 unspecified atom stereocenters. The van der Waals surface area contributed by atoms with Gasteiger partial charge in [0.25, 0.3) is 0 Å². The fourth-order valence-corrected chi connectivity index (χ4v) is 2.79. The molecule has 1 aliphatic rings. The Hall–Kier alpha value is -1.14.